The zero-order chi connectivity index (χ0) is 8.97. The maximum Gasteiger partial charge on any atom is 0.0962 e. The Morgan fingerprint density at radius 1 is 1.50 bits per heavy atom. The van der Waals surface area contributed by atoms with Crippen LogP contribution in [-0.4, -0.2) is 15.3 Å². The third-order valence-electron chi connectivity index (χ3n) is 1.34. The quantitative estimate of drug-likeness (QED) is 0.728. The second-order valence-corrected chi connectivity index (χ2v) is 4.43. The lowest BCUT2D eigenvalue weighted by Gasteiger charge is -2.03. The van der Waals surface area contributed by atoms with Crippen molar-refractivity contribution in [1.82, 2.24) is 4.98 Å². The van der Waals surface area contributed by atoms with Crippen LogP contribution in [0.1, 0.15) is 19.4 Å². The van der Waals surface area contributed by atoms with Crippen LogP contribution < -0.4 is 0 Å². The van der Waals surface area contributed by atoms with Gasteiger partial charge in [-0.05, 0) is 11.6 Å². The summed E-state index contributed by atoms with van der Waals surface area (Å²) >= 11 is 1.72. The van der Waals surface area contributed by atoms with Crippen molar-refractivity contribution in [2.24, 2.45) is 0 Å². The molecule has 0 fully saturated rings. The highest BCUT2D eigenvalue weighted by atomic mass is 32.2. The second-order valence-electron chi connectivity index (χ2n) is 2.83. The van der Waals surface area contributed by atoms with Crippen LogP contribution in [0.2, 0.25) is 0 Å². The summed E-state index contributed by atoms with van der Waals surface area (Å²) in [6, 6.07) is 3.84. The normalized spacial score (nSPS) is 10.7. The van der Waals surface area contributed by atoms with Gasteiger partial charge in [-0.15, -0.1) is 11.8 Å². The first-order chi connectivity index (χ1) is 5.72. The SMILES string of the molecule is CC(C)Sc1ccc(CO)cn1. The van der Waals surface area contributed by atoms with Crippen LogP contribution in [0.4, 0.5) is 0 Å². The van der Waals surface area contributed by atoms with Gasteiger partial charge < -0.3 is 5.11 Å². The van der Waals surface area contributed by atoms with Gasteiger partial charge >= 0.3 is 0 Å². The van der Waals surface area contributed by atoms with Crippen LogP contribution in [0, 0.1) is 0 Å². The predicted molar refractivity (Wildman–Crippen MR) is 51.2 cm³/mol. The molecule has 0 aliphatic heterocycles. The van der Waals surface area contributed by atoms with Gasteiger partial charge in [0.1, 0.15) is 0 Å². The summed E-state index contributed by atoms with van der Waals surface area (Å²) in [7, 11) is 0. The zero-order valence-corrected chi connectivity index (χ0v) is 8.14. The van der Waals surface area contributed by atoms with Gasteiger partial charge in [-0.3, -0.25) is 0 Å². The summed E-state index contributed by atoms with van der Waals surface area (Å²) in [5.41, 5.74) is 0.864. The van der Waals surface area contributed by atoms with Crippen molar-refractivity contribution in [3.63, 3.8) is 0 Å². The molecule has 0 amide bonds. The van der Waals surface area contributed by atoms with Crippen LogP contribution in [0.5, 0.6) is 0 Å². The summed E-state index contributed by atoms with van der Waals surface area (Å²) in [6.45, 7) is 4.33. The monoisotopic (exact) mass is 183 g/mol. The van der Waals surface area contributed by atoms with Crippen molar-refractivity contribution in [2.75, 3.05) is 0 Å². The Morgan fingerprint density at radius 2 is 2.25 bits per heavy atom. The molecule has 0 aliphatic carbocycles. The highest BCUT2D eigenvalue weighted by Crippen LogP contribution is 2.20. The number of aromatic nitrogens is 1. The Bertz CT molecular complexity index is 233. The van der Waals surface area contributed by atoms with E-state index in [0.717, 1.165) is 10.6 Å². The van der Waals surface area contributed by atoms with Crippen LogP contribution in [0.25, 0.3) is 0 Å². The molecular weight excluding hydrogens is 170 g/mol. The number of thioether (sulfide) groups is 1. The zero-order valence-electron chi connectivity index (χ0n) is 7.32. The lowest BCUT2D eigenvalue weighted by atomic mass is 10.3. The molecule has 0 aliphatic rings. The van der Waals surface area contributed by atoms with Crippen molar-refractivity contribution >= 4 is 11.8 Å². The second kappa shape index (κ2) is 4.48. The first-order valence-corrected chi connectivity index (χ1v) is 4.83. The largest absolute Gasteiger partial charge is 0.392 e. The molecule has 1 aromatic heterocycles. The lowest BCUT2D eigenvalue weighted by Crippen LogP contribution is -1.90. The minimum atomic E-state index is 0.0691. The van der Waals surface area contributed by atoms with Crippen molar-refractivity contribution in [2.45, 2.75) is 30.7 Å². The van der Waals surface area contributed by atoms with Gasteiger partial charge in [0.05, 0.1) is 11.6 Å². The molecular formula is C9H13NOS. The Hall–Kier alpha value is -0.540. The standard InChI is InChI=1S/C9H13NOS/c1-7(2)12-9-4-3-8(6-11)5-10-9/h3-5,7,11H,6H2,1-2H3. The maximum absolute atomic E-state index is 8.76. The fourth-order valence-electron chi connectivity index (χ4n) is 0.816. The van der Waals surface area contributed by atoms with Gasteiger partial charge in [-0.1, -0.05) is 19.9 Å². The molecule has 0 bridgehead atoms. The molecule has 0 saturated carbocycles. The van der Waals surface area contributed by atoms with Crippen molar-refractivity contribution in [3.8, 4) is 0 Å². The highest BCUT2D eigenvalue weighted by molar-refractivity contribution is 7.99. The topological polar surface area (TPSA) is 33.1 Å². The molecule has 3 heteroatoms. The van der Waals surface area contributed by atoms with E-state index in [4.69, 9.17) is 5.11 Å². The van der Waals surface area contributed by atoms with E-state index >= 15 is 0 Å². The van der Waals surface area contributed by atoms with E-state index in [-0.39, 0.29) is 6.61 Å². The summed E-state index contributed by atoms with van der Waals surface area (Å²) in [5, 5.41) is 10.3. The average Bonchev–Trinajstić information content (AvgIpc) is 2.05. The molecule has 1 aromatic rings. The molecule has 66 valence electrons. The van der Waals surface area contributed by atoms with Crippen molar-refractivity contribution < 1.29 is 5.11 Å². The number of nitrogens with zero attached hydrogens (tertiary/aromatic N) is 1. The fraction of sp³-hybridized carbons (Fsp3) is 0.444. The van der Waals surface area contributed by atoms with Crippen LogP contribution in [0.15, 0.2) is 23.4 Å². The predicted octanol–water partition coefficient (Wildman–Crippen LogP) is 2.07. The summed E-state index contributed by atoms with van der Waals surface area (Å²) in [4.78, 5) is 4.19. The number of aliphatic hydroxyl groups excluding tert-OH is 1. The number of rotatable bonds is 3. The number of aliphatic hydroxyl groups is 1. The fourth-order valence-corrected chi connectivity index (χ4v) is 1.56. The van der Waals surface area contributed by atoms with Crippen LogP contribution in [0.3, 0.4) is 0 Å². The van der Waals surface area contributed by atoms with Crippen LogP contribution >= 0.6 is 11.8 Å². The molecule has 0 spiro atoms. The van der Waals surface area contributed by atoms with Crippen molar-refractivity contribution in [1.29, 1.82) is 0 Å². The summed E-state index contributed by atoms with van der Waals surface area (Å²) in [6.07, 6.45) is 1.71. The van der Waals surface area contributed by atoms with Gasteiger partial charge in [0.25, 0.3) is 0 Å². The molecule has 1 heterocycles. The molecule has 0 aromatic carbocycles. The summed E-state index contributed by atoms with van der Waals surface area (Å²) < 4.78 is 0. The smallest absolute Gasteiger partial charge is 0.0962 e. The number of hydrogen-bond acceptors (Lipinski definition) is 3. The molecule has 0 radical (unpaired) electrons. The Kier molecular flexibility index (Phi) is 3.56. The van der Waals surface area contributed by atoms with E-state index in [0.29, 0.717) is 5.25 Å². The third-order valence-corrected chi connectivity index (χ3v) is 2.29. The minimum absolute atomic E-state index is 0.0691. The van der Waals surface area contributed by atoms with E-state index in [9.17, 15) is 0 Å². The minimum Gasteiger partial charge on any atom is -0.392 e. The first kappa shape index (κ1) is 9.55. The van der Waals surface area contributed by atoms with E-state index in [1.54, 1.807) is 18.0 Å². The van der Waals surface area contributed by atoms with Crippen molar-refractivity contribution in [3.05, 3.63) is 23.9 Å². The Balaban J connectivity index is 2.65. The average molecular weight is 183 g/mol. The molecule has 0 unspecified atom stereocenters. The molecule has 1 rings (SSSR count). The number of hydrogen-bond donors (Lipinski definition) is 1. The lowest BCUT2D eigenvalue weighted by molar-refractivity contribution is 0.281. The molecule has 2 nitrogen and oxygen atoms in total. The van der Waals surface area contributed by atoms with Gasteiger partial charge in [0.15, 0.2) is 0 Å². The Labute approximate surface area is 77.0 Å². The first-order valence-electron chi connectivity index (χ1n) is 3.95. The van der Waals surface area contributed by atoms with E-state index < -0.39 is 0 Å². The van der Waals surface area contributed by atoms with E-state index in [2.05, 4.69) is 18.8 Å². The van der Waals surface area contributed by atoms with Gasteiger partial charge in [-0.2, -0.15) is 0 Å². The third kappa shape index (κ3) is 2.83. The maximum atomic E-state index is 8.76. The molecule has 0 atom stereocenters. The van der Waals surface area contributed by atoms with Crippen LogP contribution in [-0.2, 0) is 6.61 Å². The Morgan fingerprint density at radius 3 is 2.67 bits per heavy atom. The van der Waals surface area contributed by atoms with Gasteiger partial charge in [0, 0.05) is 11.4 Å². The molecule has 1 N–H and O–H groups in total. The van der Waals surface area contributed by atoms with Gasteiger partial charge in [0.2, 0.25) is 0 Å². The van der Waals surface area contributed by atoms with Gasteiger partial charge in [-0.25, -0.2) is 4.98 Å². The number of pyridine rings is 1. The molecule has 12 heavy (non-hydrogen) atoms. The molecule has 0 saturated heterocycles. The van der Waals surface area contributed by atoms with E-state index in [1.165, 1.54) is 0 Å². The van der Waals surface area contributed by atoms with E-state index in [1.807, 2.05) is 12.1 Å². The summed E-state index contributed by atoms with van der Waals surface area (Å²) in [5.74, 6) is 0. The highest BCUT2D eigenvalue weighted by Gasteiger charge is 1.98.